The molecule has 3 aromatic carbocycles. The fourth-order valence-electron chi connectivity index (χ4n) is 3.57. The van der Waals surface area contributed by atoms with Gasteiger partial charge in [-0.05, 0) is 30.5 Å². The van der Waals surface area contributed by atoms with Crippen LogP contribution >= 0.6 is 11.6 Å². The van der Waals surface area contributed by atoms with Gasteiger partial charge in [0.2, 0.25) is 6.10 Å². The van der Waals surface area contributed by atoms with Gasteiger partial charge in [0.15, 0.2) is 0 Å². The first-order chi connectivity index (χ1) is 16.5. The number of ether oxygens (including phenoxy) is 1. The summed E-state index contributed by atoms with van der Waals surface area (Å²) in [5.74, 6) is -1.36. The summed E-state index contributed by atoms with van der Waals surface area (Å²) < 4.78 is 5.66. The van der Waals surface area contributed by atoms with Gasteiger partial charge in [-0.2, -0.15) is 0 Å². The molecule has 2 unspecified atom stereocenters. The molecule has 3 aromatic rings. The van der Waals surface area contributed by atoms with E-state index < -0.39 is 24.0 Å². The van der Waals surface area contributed by atoms with Crippen LogP contribution in [0.1, 0.15) is 52.9 Å². The predicted octanol–water partition coefficient (Wildman–Crippen LogP) is 4.76. The lowest BCUT2D eigenvalue weighted by atomic mass is 10.0. The summed E-state index contributed by atoms with van der Waals surface area (Å²) in [5.41, 5.74) is 1.63. The molecule has 0 spiro atoms. The van der Waals surface area contributed by atoms with Crippen molar-refractivity contribution >= 4 is 29.4 Å². The van der Waals surface area contributed by atoms with Gasteiger partial charge in [-0.15, -0.1) is 0 Å². The summed E-state index contributed by atoms with van der Waals surface area (Å²) in [5, 5.41) is 6.10. The number of hydrogen-bond acceptors (Lipinski definition) is 4. The molecule has 0 aliphatic heterocycles. The van der Waals surface area contributed by atoms with Crippen LogP contribution in [0.5, 0.6) is 0 Å². The molecule has 1 aliphatic carbocycles. The van der Waals surface area contributed by atoms with E-state index in [-0.39, 0.29) is 18.4 Å². The number of nitrogens with one attached hydrogen (secondary N) is 2. The van der Waals surface area contributed by atoms with Gasteiger partial charge in [-0.25, -0.2) is 0 Å². The minimum atomic E-state index is -1.06. The number of benzene rings is 3. The van der Waals surface area contributed by atoms with E-state index >= 15 is 0 Å². The van der Waals surface area contributed by atoms with Crippen molar-refractivity contribution in [2.24, 2.45) is 0 Å². The third-order valence-corrected chi connectivity index (χ3v) is 5.84. The standard InChI is InChI=1S/C27H25ClN2O4/c28-22-14-8-7-13-21(22)26(32)30-23(18-9-3-1-4-10-18)17-24(31)34-25(19-11-5-2-6-12-19)27(33)29-20-15-16-20/h1-14,20,23,25H,15-17H2,(H,29,33)(H,30,32). The molecule has 6 nitrogen and oxygen atoms in total. The number of carbonyl (C=O) groups is 3. The van der Waals surface area contributed by atoms with Crippen LogP contribution < -0.4 is 10.6 Å². The molecule has 174 valence electrons. The van der Waals surface area contributed by atoms with Crippen LogP contribution in [-0.2, 0) is 14.3 Å². The maximum Gasteiger partial charge on any atom is 0.309 e. The van der Waals surface area contributed by atoms with Gasteiger partial charge in [0.25, 0.3) is 11.8 Å². The second-order valence-corrected chi connectivity index (χ2v) is 8.59. The van der Waals surface area contributed by atoms with E-state index in [9.17, 15) is 14.4 Å². The van der Waals surface area contributed by atoms with Gasteiger partial charge in [-0.3, -0.25) is 14.4 Å². The van der Waals surface area contributed by atoms with E-state index in [1.165, 1.54) is 0 Å². The highest BCUT2D eigenvalue weighted by Crippen LogP contribution is 2.26. The lowest BCUT2D eigenvalue weighted by molar-refractivity contribution is -0.157. The smallest absolute Gasteiger partial charge is 0.309 e. The van der Waals surface area contributed by atoms with Crippen LogP contribution in [0.3, 0.4) is 0 Å². The van der Waals surface area contributed by atoms with Gasteiger partial charge < -0.3 is 15.4 Å². The van der Waals surface area contributed by atoms with Gasteiger partial charge >= 0.3 is 5.97 Å². The average molecular weight is 477 g/mol. The topological polar surface area (TPSA) is 84.5 Å². The van der Waals surface area contributed by atoms with Gasteiger partial charge in [0.05, 0.1) is 23.0 Å². The van der Waals surface area contributed by atoms with Crippen molar-refractivity contribution in [1.82, 2.24) is 10.6 Å². The van der Waals surface area contributed by atoms with Crippen LogP contribution in [0.4, 0.5) is 0 Å². The lowest BCUT2D eigenvalue weighted by Crippen LogP contribution is -2.35. The van der Waals surface area contributed by atoms with Crippen LogP contribution in [0.25, 0.3) is 0 Å². The third-order valence-electron chi connectivity index (χ3n) is 5.51. The molecule has 2 atom stereocenters. The highest BCUT2D eigenvalue weighted by Gasteiger charge is 2.31. The quantitative estimate of drug-likeness (QED) is 0.436. The van der Waals surface area contributed by atoms with E-state index in [0.29, 0.717) is 16.1 Å². The predicted molar refractivity (Wildman–Crippen MR) is 129 cm³/mol. The molecule has 1 saturated carbocycles. The monoisotopic (exact) mass is 476 g/mol. The van der Waals surface area contributed by atoms with Gasteiger partial charge in [0.1, 0.15) is 0 Å². The summed E-state index contributed by atoms with van der Waals surface area (Å²) in [6.07, 6.45) is 0.627. The van der Waals surface area contributed by atoms with Crippen LogP contribution in [-0.4, -0.2) is 23.8 Å². The number of hydrogen-bond donors (Lipinski definition) is 2. The Morgan fingerprint density at radius 1 is 0.853 bits per heavy atom. The summed E-state index contributed by atoms with van der Waals surface area (Å²) >= 11 is 6.18. The molecule has 2 N–H and O–H groups in total. The maximum atomic E-state index is 13.0. The maximum absolute atomic E-state index is 13.0. The van der Waals surface area contributed by atoms with Crippen molar-refractivity contribution in [2.45, 2.75) is 37.5 Å². The Morgan fingerprint density at radius 2 is 1.44 bits per heavy atom. The Balaban J connectivity index is 1.51. The number of rotatable bonds is 9. The van der Waals surface area contributed by atoms with Crippen LogP contribution in [0.2, 0.25) is 5.02 Å². The fourth-order valence-corrected chi connectivity index (χ4v) is 3.79. The highest BCUT2D eigenvalue weighted by molar-refractivity contribution is 6.33. The molecule has 0 saturated heterocycles. The molecule has 0 heterocycles. The van der Waals surface area contributed by atoms with Gasteiger partial charge in [0, 0.05) is 11.6 Å². The first-order valence-corrected chi connectivity index (χ1v) is 11.5. The molecule has 0 radical (unpaired) electrons. The molecule has 0 bridgehead atoms. The van der Waals surface area contributed by atoms with E-state index in [4.69, 9.17) is 16.3 Å². The zero-order chi connectivity index (χ0) is 23.9. The molecule has 1 fully saturated rings. The van der Waals surface area contributed by atoms with Crippen LogP contribution in [0.15, 0.2) is 84.9 Å². The number of carbonyl (C=O) groups excluding carboxylic acids is 3. The van der Waals surface area contributed by atoms with Crippen molar-refractivity contribution in [3.8, 4) is 0 Å². The minimum Gasteiger partial charge on any atom is -0.447 e. The fraction of sp³-hybridized carbons (Fsp3) is 0.222. The number of esters is 1. The SMILES string of the molecule is O=C(CC(NC(=O)c1ccccc1Cl)c1ccccc1)OC(C(=O)NC1CC1)c1ccccc1. The molecule has 34 heavy (non-hydrogen) atoms. The van der Waals surface area contributed by atoms with Crippen molar-refractivity contribution < 1.29 is 19.1 Å². The van der Waals surface area contributed by atoms with Crippen molar-refractivity contribution in [3.63, 3.8) is 0 Å². The van der Waals surface area contributed by atoms with Crippen molar-refractivity contribution in [1.29, 1.82) is 0 Å². The first kappa shape index (κ1) is 23.5. The van der Waals surface area contributed by atoms with Crippen molar-refractivity contribution in [3.05, 3.63) is 107 Å². The molecule has 1 aliphatic rings. The Bertz CT molecular complexity index is 1150. The second-order valence-electron chi connectivity index (χ2n) is 8.18. The number of amides is 2. The Hall–Kier alpha value is -3.64. The minimum absolute atomic E-state index is 0.129. The lowest BCUT2D eigenvalue weighted by Gasteiger charge is -2.22. The average Bonchev–Trinajstić information content (AvgIpc) is 3.67. The van der Waals surface area contributed by atoms with E-state index in [1.807, 2.05) is 36.4 Å². The Morgan fingerprint density at radius 3 is 2.06 bits per heavy atom. The van der Waals surface area contributed by atoms with Gasteiger partial charge in [-0.1, -0.05) is 84.4 Å². The van der Waals surface area contributed by atoms with E-state index in [0.717, 1.165) is 18.4 Å². The third kappa shape index (κ3) is 6.23. The normalized spacial score (nSPS) is 14.5. The Kier molecular flexibility index (Phi) is 7.60. The zero-order valence-electron chi connectivity index (χ0n) is 18.4. The largest absolute Gasteiger partial charge is 0.447 e. The summed E-state index contributed by atoms with van der Waals surface area (Å²) in [4.78, 5) is 38.7. The van der Waals surface area contributed by atoms with E-state index in [2.05, 4.69) is 10.6 Å². The summed E-state index contributed by atoms with van der Waals surface area (Å²) in [6.45, 7) is 0. The van der Waals surface area contributed by atoms with Crippen molar-refractivity contribution in [2.75, 3.05) is 0 Å². The molecule has 7 heteroatoms. The summed E-state index contributed by atoms with van der Waals surface area (Å²) in [6, 6.07) is 24.2. The second kappa shape index (κ2) is 11.0. The highest BCUT2D eigenvalue weighted by atomic mass is 35.5. The molecular formula is C27H25ClN2O4. The first-order valence-electron chi connectivity index (χ1n) is 11.2. The van der Waals surface area contributed by atoms with Crippen LogP contribution in [0, 0.1) is 0 Å². The van der Waals surface area contributed by atoms with E-state index in [1.54, 1.807) is 48.5 Å². The molecule has 0 aromatic heterocycles. The number of halogens is 1. The molecular weight excluding hydrogens is 452 g/mol. The summed E-state index contributed by atoms with van der Waals surface area (Å²) in [7, 11) is 0. The molecule has 2 amide bonds. The zero-order valence-corrected chi connectivity index (χ0v) is 19.2. The Labute approximate surface area is 203 Å². The molecule has 4 rings (SSSR count).